The van der Waals surface area contributed by atoms with Gasteiger partial charge in [0.05, 0.1) is 18.9 Å². The molecule has 0 spiro atoms. The topological polar surface area (TPSA) is 69.0 Å². The van der Waals surface area contributed by atoms with E-state index < -0.39 is 0 Å². The standard InChI is InChI=1S/C23H28N4O2S/c1-4-17-12-9-13-18(5-2)21(17)24-20(28)16-30-23-26-25-22(27(23)14-15-29-3)19-10-7-6-8-11-19/h6-13H,4-5,14-16H2,1-3H3,(H,24,28). The highest BCUT2D eigenvalue weighted by molar-refractivity contribution is 7.99. The van der Waals surface area contributed by atoms with Crippen LogP contribution in [0.4, 0.5) is 5.69 Å². The van der Waals surface area contributed by atoms with Gasteiger partial charge in [-0.05, 0) is 24.0 Å². The van der Waals surface area contributed by atoms with E-state index in [0.717, 1.165) is 41.0 Å². The van der Waals surface area contributed by atoms with Crippen molar-refractivity contribution in [3.05, 3.63) is 59.7 Å². The maximum atomic E-state index is 12.7. The van der Waals surface area contributed by atoms with Crippen LogP contribution in [0.5, 0.6) is 0 Å². The minimum atomic E-state index is -0.0434. The third kappa shape index (κ3) is 5.29. The maximum Gasteiger partial charge on any atom is 0.234 e. The second kappa shape index (κ2) is 10.9. The van der Waals surface area contributed by atoms with Crippen molar-refractivity contribution < 1.29 is 9.53 Å². The lowest BCUT2D eigenvalue weighted by Crippen LogP contribution is -2.17. The average Bonchev–Trinajstić information content (AvgIpc) is 3.19. The van der Waals surface area contributed by atoms with Crippen molar-refractivity contribution in [1.82, 2.24) is 14.8 Å². The van der Waals surface area contributed by atoms with E-state index in [4.69, 9.17) is 4.74 Å². The lowest BCUT2D eigenvalue weighted by Gasteiger charge is -2.14. The lowest BCUT2D eigenvalue weighted by molar-refractivity contribution is -0.113. The second-order valence-corrected chi connectivity index (χ2v) is 7.75. The molecule has 0 bridgehead atoms. The van der Waals surface area contributed by atoms with E-state index in [0.29, 0.717) is 18.3 Å². The van der Waals surface area contributed by atoms with Crippen LogP contribution in [0.25, 0.3) is 11.4 Å². The van der Waals surface area contributed by atoms with E-state index in [9.17, 15) is 4.79 Å². The number of rotatable bonds is 10. The Morgan fingerprint density at radius 3 is 2.37 bits per heavy atom. The number of aromatic nitrogens is 3. The molecule has 0 saturated carbocycles. The first-order valence-corrected chi connectivity index (χ1v) is 11.2. The molecule has 3 aromatic rings. The number of anilines is 1. The van der Waals surface area contributed by atoms with Crippen LogP contribution >= 0.6 is 11.8 Å². The molecule has 3 rings (SSSR count). The summed E-state index contributed by atoms with van der Waals surface area (Å²) in [6.45, 7) is 5.36. The third-order valence-electron chi connectivity index (χ3n) is 4.86. The summed E-state index contributed by atoms with van der Waals surface area (Å²) in [5.41, 5.74) is 4.24. The van der Waals surface area contributed by atoms with Gasteiger partial charge >= 0.3 is 0 Å². The van der Waals surface area contributed by atoms with Crippen LogP contribution in [0.3, 0.4) is 0 Å². The molecule has 0 aliphatic rings. The van der Waals surface area contributed by atoms with E-state index in [2.05, 4.69) is 41.5 Å². The smallest absolute Gasteiger partial charge is 0.234 e. The highest BCUT2D eigenvalue weighted by Crippen LogP contribution is 2.26. The molecule has 0 unspecified atom stereocenters. The number of para-hydroxylation sites is 1. The fourth-order valence-corrected chi connectivity index (χ4v) is 4.05. The first-order valence-electron chi connectivity index (χ1n) is 10.2. The largest absolute Gasteiger partial charge is 0.383 e. The van der Waals surface area contributed by atoms with Crippen molar-refractivity contribution in [2.24, 2.45) is 0 Å². The number of hydrogen-bond acceptors (Lipinski definition) is 5. The van der Waals surface area contributed by atoms with Gasteiger partial charge in [-0.3, -0.25) is 9.36 Å². The van der Waals surface area contributed by atoms with Crippen molar-refractivity contribution >= 4 is 23.4 Å². The number of carbonyl (C=O) groups excluding carboxylic acids is 1. The van der Waals surface area contributed by atoms with Gasteiger partial charge in [0, 0.05) is 18.4 Å². The number of nitrogens with zero attached hydrogens (tertiary/aromatic N) is 3. The van der Waals surface area contributed by atoms with Crippen LogP contribution in [0.1, 0.15) is 25.0 Å². The maximum absolute atomic E-state index is 12.7. The van der Waals surface area contributed by atoms with Crippen molar-refractivity contribution in [3.8, 4) is 11.4 Å². The molecule has 0 aliphatic carbocycles. The van der Waals surface area contributed by atoms with Gasteiger partial charge in [-0.2, -0.15) is 0 Å². The predicted molar refractivity (Wildman–Crippen MR) is 122 cm³/mol. The van der Waals surface area contributed by atoms with E-state index >= 15 is 0 Å². The Hall–Kier alpha value is -2.64. The fourth-order valence-electron chi connectivity index (χ4n) is 3.29. The third-order valence-corrected chi connectivity index (χ3v) is 5.83. The first kappa shape index (κ1) is 22.1. The van der Waals surface area contributed by atoms with Gasteiger partial charge in [-0.1, -0.05) is 74.1 Å². The van der Waals surface area contributed by atoms with Gasteiger partial charge < -0.3 is 10.1 Å². The number of amides is 1. The summed E-state index contributed by atoms with van der Waals surface area (Å²) in [5, 5.41) is 12.5. The highest BCUT2D eigenvalue weighted by atomic mass is 32.2. The number of hydrogen-bond donors (Lipinski definition) is 1. The lowest BCUT2D eigenvalue weighted by atomic mass is 10.0. The zero-order valence-electron chi connectivity index (χ0n) is 17.7. The summed E-state index contributed by atoms with van der Waals surface area (Å²) in [5.74, 6) is 1.000. The van der Waals surface area contributed by atoms with Gasteiger partial charge in [0.1, 0.15) is 0 Å². The minimum Gasteiger partial charge on any atom is -0.383 e. The van der Waals surface area contributed by atoms with E-state index in [-0.39, 0.29) is 11.7 Å². The molecule has 7 heteroatoms. The summed E-state index contributed by atoms with van der Waals surface area (Å²) in [6.07, 6.45) is 1.75. The van der Waals surface area contributed by atoms with Crippen molar-refractivity contribution in [1.29, 1.82) is 0 Å². The molecule has 1 aromatic heterocycles. The molecule has 0 saturated heterocycles. The van der Waals surface area contributed by atoms with E-state index in [1.54, 1.807) is 7.11 Å². The Morgan fingerprint density at radius 2 is 1.73 bits per heavy atom. The molecule has 1 heterocycles. The van der Waals surface area contributed by atoms with Crippen LogP contribution in [0.2, 0.25) is 0 Å². The van der Waals surface area contributed by atoms with Gasteiger partial charge in [0.25, 0.3) is 0 Å². The second-order valence-electron chi connectivity index (χ2n) is 6.81. The van der Waals surface area contributed by atoms with Crippen molar-refractivity contribution in [2.75, 3.05) is 24.8 Å². The number of methoxy groups -OCH3 is 1. The number of aryl methyl sites for hydroxylation is 2. The van der Waals surface area contributed by atoms with Crippen LogP contribution in [0, 0.1) is 0 Å². The number of carbonyl (C=O) groups is 1. The molecule has 0 fully saturated rings. The highest BCUT2D eigenvalue weighted by Gasteiger charge is 2.16. The summed E-state index contributed by atoms with van der Waals surface area (Å²) < 4.78 is 7.26. The van der Waals surface area contributed by atoms with Crippen LogP contribution in [-0.2, 0) is 28.9 Å². The molecule has 0 radical (unpaired) electrons. The molecule has 1 amide bonds. The number of benzene rings is 2. The van der Waals surface area contributed by atoms with Crippen molar-refractivity contribution in [3.63, 3.8) is 0 Å². The van der Waals surface area contributed by atoms with Crippen molar-refractivity contribution in [2.45, 2.75) is 38.4 Å². The quantitative estimate of drug-likeness (QED) is 0.487. The van der Waals surface area contributed by atoms with E-state index in [1.807, 2.05) is 41.0 Å². The van der Waals surface area contributed by atoms with E-state index in [1.165, 1.54) is 11.8 Å². The number of thioether (sulfide) groups is 1. The molecule has 1 N–H and O–H groups in total. The molecule has 30 heavy (non-hydrogen) atoms. The Kier molecular flexibility index (Phi) is 8.04. The zero-order chi connectivity index (χ0) is 21.3. The Balaban J connectivity index is 1.74. The first-order chi connectivity index (χ1) is 14.7. The monoisotopic (exact) mass is 424 g/mol. The summed E-state index contributed by atoms with van der Waals surface area (Å²) >= 11 is 1.39. The van der Waals surface area contributed by atoms with Crippen LogP contribution in [0.15, 0.2) is 53.7 Å². The zero-order valence-corrected chi connectivity index (χ0v) is 18.5. The molecular formula is C23H28N4O2S. The molecular weight excluding hydrogens is 396 g/mol. The fraction of sp³-hybridized carbons (Fsp3) is 0.348. The minimum absolute atomic E-state index is 0.0434. The van der Waals surface area contributed by atoms with Gasteiger partial charge in [0.2, 0.25) is 5.91 Å². The predicted octanol–water partition coefficient (Wildman–Crippen LogP) is 4.45. The molecule has 6 nitrogen and oxygen atoms in total. The summed E-state index contributed by atoms with van der Waals surface area (Å²) in [4.78, 5) is 12.7. The molecule has 0 aliphatic heterocycles. The number of ether oxygens (including phenoxy) is 1. The normalized spacial score (nSPS) is 10.9. The Bertz CT molecular complexity index is 950. The van der Waals surface area contributed by atoms with Crippen LogP contribution in [-0.4, -0.2) is 40.1 Å². The van der Waals surface area contributed by atoms with Crippen LogP contribution < -0.4 is 5.32 Å². The molecule has 158 valence electrons. The Morgan fingerprint density at radius 1 is 1.03 bits per heavy atom. The summed E-state index contributed by atoms with van der Waals surface area (Å²) in [7, 11) is 1.67. The average molecular weight is 425 g/mol. The van der Waals surface area contributed by atoms with Gasteiger partial charge in [0.15, 0.2) is 11.0 Å². The molecule has 2 aromatic carbocycles. The molecule has 0 atom stereocenters. The number of nitrogens with one attached hydrogen (secondary N) is 1. The summed E-state index contributed by atoms with van der Waals surface area (Å²) in [6, 6.07) is 16.1. The van der Waals surface area contributed by atoms with Gasteiger partial charge in [-0.15, -0.1) is 10.2 Å². The van der Waals surface area contributed by atoms with Gasteiger partial charge in [-0.25, -0.2) is 0 Å². The SMILES string of the molecule is CCc1cccc(CC)c1NC(=O)CSc1nnc(-c2ccccc2)n1CCOC. The Labute approximate surface area is 182 Å².